The van der Waals surface area contributed by atoms with Gasteiger partial charge in [-0.25, -0.2) is 0 Å². The van der Waals surface area contributed by atoms with Crippen LogP contribution in [-0.4, -0.2) is 29.2 Å². The molecular weight excluding hydrogens is 282 g/mol. The van der Waals surface area contributed by atoms with Gasteiger partial charge in [0, 0.05) is 18.8 Å². The Bertz CT molecular complexity index is 468. The van der Waals surface area contributed by atoms with Crippen molar-refractivity contribution in [3.05, 3.63) is 41.6 Å². The topological polar surface area (TPSA) is 23.5 Å². The third-order valence-corrected chi connectivity index (χ3v) is 5.05. The summed E-state index contributed by atoms with van der Waals surface area (Å²) in [5.74, 6) is 0. The summed E-state index contributed by atoms with van der Waals surface area (Å²) in [6.45, 7) is 2.27. The van der Waals surface area contributed by atoms with Gasteiger partial charge in [0.15, 0.2) is 0 Å². The molecule has 2 rings (SSSR count). The highest BCUT2D eigenvalue weighted by Gasteiger charge is 2.31. The first-order chi connectivity index (χ1) is 11.2. The average Bonchev–Trinajstić information content (AvgIpc) is 2.83. The summed E-state index contributed by atoms with van der Waals surface area (Å²) in [6.07, 6.45) is 13.4. The molecule has 0 saturated carbocycles. The summed E-state index contributed by atoms with van der Waals surface area (Å²) in [6, 6.07) is 10.8. The molecule has 0 amide bonds. The highest BCUT2D eigenvalue weighted by molar-refractivity contribution is 5.54. The van der Waals surface area contributed by atoms with Crippen LogP contribution in [0.2, 0.25) is 0 Å². The molecule has 0 aromatic heterocycles. The van der Waals surface area contributed by atoms with Crippen LogP contribution in [0.3, 0.4) is 0 Å². The smallest absolute Gasteiger partial charge is 0.0956 e. The van der Waals surface area contributed by atoms with Crippen LogP contribution in [-0.2, 0) is 0 Å². The lowest BCUT2D eigenvalue weighted by atomic mass is 10.0. The Hall–Kier alpha value is -1.28. The summed E-state index contributed by atoms with van der Waals surface area (Å²) in [5.41, 5.74) is 2.24. The second kappa shape index (κ2) is 9.77. The molecule has 1 fully saturated rings. The van der Waals surface area contributed by atoms with Gasteiger partial charge in [-0.3, -0.25) is 0 Å². The fourth-order valence-electron chi connectivity index (χ4n) is 3.55. The molecule has 0 bridgehead atoms. The molecule has 1 aliphatic rings. The zero-order valence-electron chi connectivity index (χ0n) is 14.9. The standard InChI is InChI=1S/C21H33NO/c1-3-4-5-6-7-8-12-15-19-17-21(23)20(22(19)2)16-18-13-10-9-11-14-18/h9-11,13-14,16,19,21,23H,3-8,12,15,17H2,1-2H3. The minimum absolute atomic E-state index is 0.310. The van der Waals surface area contributed by atoms with Crippen LogP contribution in [0.25, 0.3) is 6.08 Å². The van der Waals surface area contributed by atoms with E-state index in [4.69, 9.17) is 0 Å². The Morgan fingerprint density at radius 2 is 1.70 bits per heavy atom. The van der Waals surface area contributed by atoms with Crippen molar-refractivity contribution in [1.82, 2.24) is 4.90 Å². The highest BCUT2D eigenvalue weighted by Crippen LogP contribution is 2.31. The van der Waals surface area contributed by atoms with Crippen LogP contribution < -0.4 is 0 Å². The molecule has 2 atom stereocenters. The van der Waals surface area contributed by atoms with Crippen LogP contribution in [0.4, 0.5) is 0 Å². The first-order valence-corrected chi connectivity index (χ1v) is 9.40. The second-order valence-corrected chi connectivity index (χ2v) is 6.91. The minimum Gasteiger partial charge on any atom is -0.387 e. The molecule has 2 nitrogen and oxygen atoms in total. The minimum atomic E-state index is -0.310. The molecule has 128 valence electrons. The van der Waals surface area contributed by atoms with Gasteiger partial charge in [-0.05, 0) is 24.5 Å². The zero-order chi connectivity index (χ0) is 16.5. The maximum atomic E-state index is 10.4. The summed E-state index contributed by atoms with van der Waals surface area (Å²) in [5, 5.41) is 10.4. The number of benzene rings is 1. The van der Waals surface area contributed by atoms with Gasteiger partial charge >= 0.3 is 0 Å². The van der Waals surface area contributed by atoms with E-state index in [1.54, 1.807) is 0 Å². The molecule has 0 aliphatic carbocycles. The van der Waals surface area contributed by atoms with Gasteiger partial charge in [-0.2, -0.15) is 0 Å². The fraction of sp³-hybridized carbons (Fsp3) is 0.619. The van der Waals surface area contributed by atoms with Crippen molar-refractivity contribution in [2.24, 2.45) is 0 Å². The number of unbranched alkanes of at least 4 members (excludes halogenated alkanes) is 6. The number of hydrogen-bond acceptors (Lipinski definition) is 2. The van der Waals surface area contributed by atoms with Crippen LogP contribution in [0.5, 0.6) is 0 Å². The summed E-state index contributed by atoms with van der Waals surface area (Å²) in [4.78, 5) is 2.30. The van der Waals surface area contributed by atoms with Gasteiger partial charge in [-0.15, -0.1) is 0 Å². The Labute approximate surface area is 142 Å². The highest BCUT2D eigenvalue weighted by atomic mass is 16.3. The van der Waals surface area contributed by atoms with E-state index in [0.717, 1.165) is 12.1 Å². The first-order valence-electron chi connectivity index (χ1n) is 9.40. The molecule has 2 heteroatoms. The Morgan fingerprint density at radius 3 is 2.39 bits per heavy atom. The van der Waals surface area contributed by atoms with Crippen LogP contribution in [0, 0.1) is 0 Å². The Morgan fingerprint density at radius 1 is 1.04 bits per heavy atom. The number of hydrogen-bond donors (Lipinski definition) is 1. The first kappa shape index (κ1) is 18.1. The number of aliphatic hydroxyl groups excluding tert-OH is 1. The quantitative estimate of drug-likeness (QED) is 0.630. The summed E-state index contributed by atoms with van der Waals surface area (Å²) >= 11 is 0. The lowest BCUT2D eigenvalue weighted by Crippen LogP contribution is -2.23. The van der Waals surface area contributed by atoms with Crippen molar-refractivity contribution in [2.75, 3.05) is 7.05 Å². The van der Waals surface area contributed by atoms with Gasteiger partial charge in [0.1, 0.15) is 0 Å². The molecule has 0 radical (unpaired) electrons. The lowest BCUT2D eigenvalue weighted by Gasteiger charge is -2.23. The second-order valence-electron chi connectivity index (χ2n) is 6.91. The largest absolute Gasteiger partial charge is 0.387 e. The molecular formula is C21H33NO. The van der Waals surface area contributed by atoms with Crippen LogP contribution in [0.15, 0.2) is 36.0 Å². The Balaban J connectivity index is 1.76. The molecule has 23 heavy (non-hydrogen) atoms. The number of aliphatic hydroxyl groups is 1. The summed E-state index contributed by atoms with van der Waals surface area (Å²) in [7, 11) is 2.14. The maximum absolute atomic E-state index is 10.4. The van der Waals surface area contributed by atoms with Crippen molar-refractivity contribution in [2.45, 2.75) is 76.9 Å². The normalized spacial score (nSPS) is 22.9. The number of likely N-dealkylation sites (tertiary alicyclic amines) is 1. The number of likely N-dealkylation sites (N-methyl/N-ethyl adjacent to an activating group) is 1. The van der Waals surface area contributed by atoms with Gasteiger partial charge in [-0.1, -0.05) is 82.2 Å². The van der Waals surface area contributed by atoms with Crippen molar-refractivity contribution >= 4 is 6.08 Å². The van der Waals surface area contributed by atoms with E-state index in [0.29, 0.717) is 6.04 Å². The molecule has 1 heterocycles. The van der Waals surface area contributed by atoms with Crippen molar-refractivity contribution in [3.63, 3.8) is 0 Å². The fourth-order valence-corrected chi connectivity index (χ4v) is 3.55. The van der Waals surface area contributed by atoms with E-state index in [9.17, 15) is 5.11 Å². The van der Waals surface area contributed by atoms with Gasteiger partial charge in [0.05, 0.1) is 6.10 Å². The van der Waals surface area contributed by atoms with E-state index in [1.165, 1.54) is 56.9 Å². The molecule has 1 N–H and O–H groups in total. The van der Waals surface area contributed by atoms with E-state index in [1.807, 2.05) is 18.2 Å². The van der Waals surface area contributed by atoms with E-state index < -0.39 is 0 Å². The maximum Gasteiger partial charge on any atom is 0.0956 e. The molecule has 1 saturated heterocycles. The van der Waals surface area contributed by atoms with Gasteiger partial charge in [0.2, 0.25) is 0 Å². The van der Waals surface area contributed by atoms with E-state index in [-0.39, 0.29) is 6.10 Å². The van der Waals surface area contributed by atoms with Crippen molar-refractivity contribution in [3.8, 4) is 0 Å². The SMILES string of the molecule is CCCCCCCCCC1CC(O)C(=Cc2ccccc2)N1C. The zero-order valence-corrected chi connectivity index (χ0v) is 14.9. The molecule has 2 unspecified atom stereocenters. The predicted molar refractivity (Wildman–Crippen MR) is 99.2 cm³/mol. The monoisotopic (exact) mass is 315 g/mol. The van der Waals surface area contributed by atoms with E-state index in [2.05, 4.69) is 37.1 Å². The van der Waals surface area contributed by atoms with Crippen LogP contribution in [0.1, 0.15) is 70.3 Å². The Kier molecular flexibility index (Phi) is 7.67. The lowest BCUT2D eigenvalue weighted by molar-refractivity contribution is 0.213. The third kappa shape index (κ3) is 5.69. The number of nitrogens with zero attached hydrogens (tertiary/aromatic N) is 1. The van der Waals surface area contributed by atoms with Crippen LogP contribution >= 0.6 is 0 Å². The molecule has 0 spiro atoms. The predicted octanol–water partition coefficient (Wildman–Crippen LogP) is 5.23. The van der Waals surface area contributed by atoms with Gasteiger partial charge < -0.3 is 10.0 Å². The average molecular weight is 316 g/mol. The molecule has 1 aromatic carbocycles. The number of rotatable bonds is 9. The third-order valence-electron chi connectivity index (χ3n) is 5.05. The van der Waals surface area contributed by atoms with Crippen molar-refractivity contribution < 1.29 is 5.11 Å². The molecule has 1 aliphatic heterocycles. The van der Waals surface area contributed by atoms with Gasteiger partial charge in [0.25, 0.3) is 0 Å². The van der Waals surface area contributed by atoms with E-state index >= 15 is 0 Å². The molecule has 1 aromatic rings. The summed E-state index contributed by atoms with van der Waals surface area (Å²) < 4.78 is 0. The van der Waals surface area contributed by atoms with Crippen molar-refractivity contribution in [1.29, 1.82) is 0 Å².